The summed E-state index contributed by atoms with van der Waals surface area (Å²) in [6.45, 7) is 2.57. The first-order valence-electron chi connectivity index (χ1n) is 13.4. The van der Waals surface area contributed by atoms with Gasteiger partial charge in [0.05, 0.1) is 30.1 Å². The predicted octanol–water partition coefficient (Wildman–Crippen LogP) is 2.32. The SMILES string of the molecule is CN1CC=C[C@]2(C)O[C@]34C=CCN(Cc5ccccc5)C(=O)C3N([C@H](CO)c3ccccc3)C(=O)[C@@H]4[C@@H]2C1=O. The summed E-state index contributed by atoms with van der Waals surface area (Å²) in [4.78, 5) is 47.6. The van der Waals surface area contributed by atoms with Crippen molar-refractivity contribution in [1.29, 1.82) is 0 Å². The first-order chi connectivity index (χ1) is 18.8. The van der Waals surface area contributed by atoms with E-state index in [2.05, 4.69) is 0 Å². The number of hydrogen-bond donors (Lipinski definition) is 1. The van der Waals surface area contributed by atoms with E-state index in [-0.39, 0.29) is 24.3 Å². The van der Waals surface area contributed by atoms with Crippen molar-refractivity contribution in [3.8, 4) is 0 Å². The molecule has 2 fully saturated rings. The molecule has 4 aliphatic heterocycles. The maximum atomic E-state index is 14.5. The number of fused-ring (bicyclic) bond motifs is 2. The molecule has 0 saturated carbocycles. The zero-order valence-electron chi connectivity index (χ0n) is 22.1. The molecular weight excluding hydrogens is 494 g/mol. The molecule has 4 aliphatic rings. The standard InChI is InChI=1S/C31H33N3O5/c1-30-15-9-17-32(2)27(36)24(30)25-28(37)34(23(20-35)22-13-7-4-8-14-22)26-29(38)33(18-10-16-31(25,26)39-30)19-21-11-5-3-6-12-21/h3-16,23-26,35H,17-20H2,1-2H3/t23-,24-,25+,26?,30+,31+/m1/s1. The van der Waals surface area contributed by atoms with Crippen molar-refractivity contribution in [3.05, 3.63) is 96.1 Å². The molecule has 8 nitrogen and oxygen atoms in total. The average Bonchev–Trinajstić information content (AvgIpc) is 3.22. The van der Waals surface area contributed by atoms with Gasteiger partial charge in [0, 0.05) is 26.7 Å². The third kappa shape index (κ3) is 3.85. The first-order valence-corrected chi connectivity index (χ1v) is 13.4. The Morgan fingerprint density at radius 2 is 1.56 bits per heavy atom. The average molecular weight is 528 g/mol. The molecule has 1 unspecified atom stereocenters. The lowest BCUT2D eigenvalue weighted by atomic mass is 9.74. The summed E-state index contributed by atoms with van der Waals surface area (Å²) in [7, 11) is 1.72. The van der Waals surface area contributed by atoms with Gasteiger partial charge in [0.2, 0.25) is 17.7 Å². The van der Waals surface area contributed by atoms with Crippen LogP contribution in [0.1, 0.15) is 24.1 Å². The number of rotatable bonds is 5. The topological polar surface area (TPSA) is 90.4 Å². The number of likely N-dealkylation sites (tertiary alicyclic amines) is 1. The summed E-state index contributed by atoms with van der Waals surface area (Å²) in [5, 5.41) is 10.6. The molecule has 2 aromatic rings. The van der Waals surface area contributed by atoms with Crippen LogP contribution in [0.4, 0.5) is 0 Å². The van der Waals surface area contributed by atoms with Gasteiger partial charge in [0.15, 0.2) is 0 Å². The highest BCUT2D eigenvalue weighted by atomic mass is 16.5. The Bertz CT molecular complexity index is 1340. The van der Waals surface area contributed by atoms with E-state index in [1.807, 2.05) is 91.9 Å². The van der Waals surface area contributed by atoms with E-state index < -0.39 is 35.1 Å². The minimum absolute atomic E-state index is 0.190. The van der Waals surface area contributed by atoms with Crippen LogP contribution in [-0.2, 0) is 25.7 Å². The number of amides is 3. The van der Waals surface area contributed by atoms with Gasteiger partial charge in [-0.2, -0.15) is 0 Å². The molecule has 3 amide bonds. The molecule has 0 aliphatic carbocycles. The molecule has 6 atom stereocenters. The number of aliphatic hydroxyl groups excluding tert-OH is 1. The fourth-order valence-electron chi connectivity index (χ4n) is 6.94. The smallest absolute Gasteiger partial charge is 0.249 e. The highest BCUT2D eigenvalue weighted by molar-refractivity contribution is 6.00. The molecule has 39 heavy (non-hydrogen) atoms. The van der Waals surface area contributed by atoms with Crippen LogP contribution in [0, 0.1) is 11.8 Å². The number of carbonyl (C=O) groups is 3. The minimum atomic E-state index is -1.36. The van der Waals surface area contributed by atoms with Crippen molar-refractivity contribution >= 4 is 17.7 Å². The van der Waals surface area contributed by atoms with E-state index in [0.717, 1.165) is 5.56 Å². The predicted molar refractivity (Wildman–Crippen MR) is 144 cm³/mol. The monoisotopic (exact) mass is 527 g/mol. The molecular formula is C31H33N3O5. The Morgan fingerprint density at radius 1 is 0.897 bits per heavy atom. The third-order valence-corrected chi connectivity index (χ3v) is 8.69. The zero-order valence-corrected chi connectivity index (χ0v) is 22.1. The molecule has 4 heterocycles. The molecule has 2 saturated heterocycles. The molecule has 202 valence electrons. The molecule has 8 heteroatoms. The molecule has 0 bridgehead atoms. The molecule has 0 radical (unpaired) electrons. The van der Waals surface area contributed by atoms with E-state index >= 15 is 0 Å². The van der Waals surface area contributed by atoms with E-state index in [0.29, 0.717) is 25.2 Å². The third-order valence-electron chi connectivity index (χ3n) is 8.69. The number of nitrogens with zero attached hydrogens (tertiary/aromatic N) is 3. The van der Waals surface area contributed by atoms with Crippen molar-refractivity contribution in [2.75, 3.05) is 26.7 Å². The van der Waals surface area contributed by atoms with E-state index in [1.165, 1.54) is 4.90 Å². The van der Waals surface area contributed by atoms with Gasteiger partial charge in [-0.3, -0.25) is 14.4 Å². The quantitative estimate of drug-likeness (QED) is 0.603. The van der Waals surface area contributed by atoms with E-state index in [1.54, 1.807) is 16.8 Å². The highest BCUT2D eigenvalue weighted by Gasteiger charge is 2.75. The summed E-state index contributed by atoms with van der Waals surface area (Å²) in [5.41, 5.74) is -0.744. The van der Waals surface area contributed by atoms with Crippen LogP contribution in [0.2, 0.25) is 0 Å². The van der Waals surface area contributed by atoms with Crippen LogP contribution in [0.15, 0.2) is 85.0 Å². The van der Waals surface area contributed by atoms with Crippen molar-refractivity contribution in [2.45, 2.75) is 36.8 Å². The molecule has 1 N–H and O–H groups in total. The van der Waals surface area contributed by atoms with Gasteiger partial charge in [-0.05, 0) is 18.1 Å². The van der Waals surface area contributed by atoms with Crippen molar-refractivity contribution in [1.82, 2.24) is 14.7 Å². The lowest BCUT2D eigenvalue weighted by Gasteiger charge is -2.40. The number of hydrogen-bond acceptors (Lipinski definition) is 5. The van der Waals surface area contributed by atoms with Gasteiger partial charge in [-0.25, -0.2) is 0 Å². The second-order valence-electron chi connectivity index (χ2n) is 11.1. The summed E-state index contributed by atoms with van der Waals surface area (Å²) in [5.74, 6) is -2.54. The van der Waals surface area contributed by atoms with Gasteiger partial charge in [-0.15, -0.1) is 0 Å². The van der Waals surface area contributed by atoms with Crippen molar-refractivity contribution in [3.63, 3.8) is 0 Å². The number of carbonyl (C=O) groups excluding carboxylic acids is 3. The summed E-state index contributed by atoms with van der Waals surface area (Å²) in [6, 6.07) is 17.1. The van der Waals surface area contributed by atoms with Crippen molar-refractivity contribution in [2.24, 2.45) is 11.8 Å². The number of ether oxygens (including phenoxy) is 1. The number of benzene rings is 2. The summed E-state index contributed by atoms with van der Waals surface area (Å²) >= 11 is 0. The maximum Gasteiger partial charge on any atom is 0.249 e. The largest absolute Gasteiger partial charge is 0.394 e. The van der Waals surface area contributed by atoms with Crippen LogP contribution in [0.25, 0.3) is 0 Å². The Hall–Kier alpha value is -3.75. The second kappa shape index (κ2) is 9.47. The normalized spacial score (nSPS) is 32.5. The number of aliphatic hydroxyl groups is 1. The Labute approximate surface area is 228 Å². The van der Waals surface area contributed by atoms with Gasteiger partial charge >= 0.3 is 0 Å². The molecule has 0 aromatic heterocycles. The fourth-order valence-corrected chi connectivity index (χ4v) is 6.94. The lowest BCUT2D eigenvalue weighted by molar-refractivity contribution is -0.156. The van der Waals surface area contributed by atoms with Gasteiger partial charge in [0.25, 0.3) is 0 Å². The van der Waals surface area contributed by atoms with E-state index in [9.17, 15) is 19.5 Å². The summed E-state index contributed by atoms with van der Waals surface area (Å²) < 4.78 is 6.83. The van der Waals surface area contributed by atoms with Gasteiger partial charge in [0.1, 0.15) is 11.6 Å². The Morgan fingerprint density at radius 3 is 2.26 bits per heavy atom. The zero-order chi connectivity index (χ0) is 27.4. The fraction of sp³-hybridized carbons (Fsp3) is 0.387. The number of likely N-dealkylation sites (N-methyl/N-ethyl adjacent to an activating group) is 1. The molecule has 1 spiro atoms. The van der Waals surface area contributed by atoms with Crippen LogP contribution in [-0.4, -0.2) is 81.5 Å². The van der Waals surface area contributed by atoms with Gasteiger partial charge in [-0.1, -0.05) is 85.0 Å². The highest BCUT2D eigenvalue weighted by Crippen LogP contribution is 2.58. The van der Waals surface area contributed by atoms with E-state index in [4.69, 9.17) is 4.74 Å². The van der Waals surface area contributed by atoms with Crippen LogP contribution < -0.4 is 0 Å². The van der Waals surface area contributed by atoms with Crippen molar-refractivity contribution < 1.29 is 24.2 Å². The Kier molecular flexibility index (Phi) is 6.19. The Balaban J connectivity index is 1.51. The molecule has 6 rings (SSSR count). The summed E-state index contributed by atoms with van der Waals surface area (Å²) in [6.07, 6.45) is 7.47. The van der Waals surface area contributed by atoms with Crippen LogP contribution in [0.5, 0.6) is 0 Å². The lowest BCUT2D eigenvalue weighted by Crippen LogP contribution is -2.56. The second-order valence-corrected chi connectivity index (χ2v) is 11.1. The molecule has 2 aromatic carbocycles. The van der Waals surface area contributed by atoms with Gasteiger partial charge < -0.3 is 24.5 Å². The van der Waals surface area contributed by atoms with Crippen LogP contribution in [0.3, 0.4) is 0 Å². The first kappa shape index (κ1) is 25.5. The minimum Gasteiger partial charge on any atom is -0.394 e. The van der Waals surface area contributed by atoms with Crippen LogP contribution >= 0.6 is 0 Å². The maximum absolute atomic E-state index is 14.5.